The van der Waals surface area contributed by atoms with E-state index in [2.05, 4.69) is 30.4 Å². The fraction of sp³-hybridized carbons (Fsp3) is 0.364. The standard InChI is InChI=1S/C11H15ClN2/c1-4-5-10-7-14-11(9(10)3)13-6-8(2)12/h6-7,14H,2,4-5H2,1,3H3/b13-6-. The van der Waals surface area contributed by atoms with E-state index in [0.717, 1.165) is 18.7 Å². The number of allylic oxidation sites excluding steroid dienone is 1. The molecule has 0 amide bonds. The van der Waals surface area contributed by atoms with Crippen molar-refractivity contribution >= 4 is 23.6 Å². The highest BCUT2D eigenvalue weighted by Gasteiger charge is 2.03. The van der Waals surface area contributed by atoms with Crippen LogP contribution in [-0.4, -0.2) is 11.2 Å². The Balaban J connectivity index is 2.84. The summed E-state index contributed by atoms with van der Waals surface area (Å²) in [6.07, 6.45) is 5.78. The van der Waals surface area contributed by atoms with Gasteiger partial charge in [-0.3, -0.25) is 0 Å². The Bertz CT molecular complexity index is 350. The predicted molar refractivity (Wildman–Crippen MR) is 62.7 cm³/mol. The molecule has 0 saturated heterocycles. The average Bonchev–Trinajstić information content (AvgIpc) is 2.46. The first-order valence-electron chi connectivity index (χ1n) is 4.70. The van der Waals surface area contributed by atoms with E-state index >= 15 is 0 Å². The first-order valence-corrected chi connectivity index (χ1v) is 5.08. The Morgan fingerprint density at radius 1 is 1.71 bits per heavy atom. The van der Waals surface area contributed by atoms with Crippen LogP contribution in [0.1, 0.15) is 24.5 Å². The molecule has 1 aromatic rings. The van der Waals surface area contributed by atoms with E-state index in [-0.39, 0.29) is 0 Å². The number of H-pyrrole nitrogens is 1. The second-order valence-corrected chi connectivity index (χ2v) is 3.73. The monoisotopic (exact) mass is 210 g/mol. The van der Waals surface area contributed by atoms with Crippen molar-refractivity contribution in [3.8, 4) is 0 Å². The zero-order valence-corrected chi connectivity index (χ0v) is 9.36. The Morgan fingerprint density at radius 2 is 2.43 bits per heavy atom. The maximum atomic E-state index is 5.59. The van der Waals surface area contributed by atoms with Crippen molar-refractivity contribution in [2.45, 2.75) is 26.7 Å². The van der Waals surface area contributed by atoms with Crippen LogP contribution in [0.25, 0.3) is 0 Å². The molecule has 14 heavy (non-hydrogen) atoms. The molecule has 1 heterocycles. The van der Waals surface area contributed by atoms with Crippen LogP contribution in [0.3, 0.4) is 0 Å². The molecular weight excluding hydrogens is 196 g/mol. The van der Waals surface area contributed by atoms with Crippen molar-refractivity contribution in [2.24, 2.45) is 4.99 Å². The zero-order chi connectivity index (χ0) is 10.6. The Kier molecular flexibility index (Phi) is 3.96. The SMILES string of the molecule is C=C(Cl)/C=N\c1[nH]cc(CCC)c1C. The number of aryl methyl sites for hydroxylation is 1. The third kappa shape index (κ3) is 2.74. The van der Waals surface area contributed by atoms with E-state index in [1.54, 1.807) is 6.21 Å². The highest BCUT2D eigenvalue weighted by molar-refractivity contribution is 6.39. The summed E-state index contributed by atoms with van der Waals surface area (Å²) in [5.74, 6) is 0.871. The summed E-state index contributed by atoms with van der Waals surface area (Å²) in [7, 11) is 0. The molecule has 0 aliphatic rings. The topological polar surface area (TPSA) is 28.1 Å². The minimum atomic E-state index is 0.441. The van der Waals surface area contributed by atoms with Gasteiger partial charge in [-0.05, 0) is 24.5 Å². The van der Waals surface area contributed by atoms with E-state index in [1.165, 1.54) is 11.1 Å². The number of nitrogens with one attached hydrogen (secondary N) is 1. The molecule has 2 nitrogen and oxygen atoms in total. The van der Waals surface area contributed by atoms with Gasteiger partial charge in [0.05, 0.1) is 5.03 Å². The lowest BCUT2D eigenvalue weighted by molar-refractivity contribution is 0.916. The third-order valence-corrected chi connectivity index (χ3v) is 2.17. The molecule has 0 unspecified atom stereocenters. The van der Waals surface area contributed by atoms with Gasteiger partial charge >= 0.3 is 0 Å². The first kappa shape index (κ1) is 11.1. The molecule has 0 radical (unpaired) electrons. The van der Waals surface area contributed by atoms with Gasteiger partial charge in [-0.1, -0.05) is 31.5 Å². The van der Waals surface area contributed by atoms with Crippen molar-refractivity contribution in [3.05, 3.63) is 28.9 Å². The van der Waals surface area contributed by atoms with Gasteiger partial charge in [-0.2, -0.15) is 0 Å². The summed E-state index contributed by atoms with van der Waals surface area (Å²) < 4.78 is 0. The van der Waals surface area contributed by atoms with Crippen molar-refractivity contribution in [2.75, 3.05) is 0 Å². The molecule has 1 N–H and O–H groups in total. The van der Waals surface area contributed by atoms with E-state index in [9.17, 15) is 0 Å². The van der Waals surface area contributed by atoms with Crippen LogP contribution in [0, 0.1) is 6.92 Å². The van der Waals surface area contributed by atoms with E-state index < -0.39 is 0 Å². The molecule has 0 spiro atoms. The fourth-order valence-electron chi connectivity index (χ4n) is 1.32. The summed E-state index contributed by atoms with van der Waals surface area (Å²) in [6.45, 7) is 7.77. The summed E-state index contributed by atoms with van der Waals surface area (Å²) in [6, 6.07) is 0. The van der Waals surface area contributed by atoms with E-state index in [4.69, 9.17) is 11.6 Å². The third-order valence-electron chi connectivity index (χ3n) is 2.07. The molecule has 1 rings (SSSR count). The lowest BCUT2D eigenvalue weighted by Gasteiger charge is -1.95. The number of rotatable bonds is 4. The molecule has 1 aromatic heterocycles. The summed E-state index contributed by atoms with van der Waals surface area (Å²) >= 11 is 5.59. The zero-order valence-electron chi connectivity index (χ0n) is 8.60. The largest absolute Gasteiger partial charge is 0.346 e. The number of hydrogen-bond donors (Lipinski definition) is 1. The molecule has 0 fully saturated rings. The van der Waals surface area contributed by atoms with E-state index in [1.807, 2.05) is 6.20 Å². The Morgan fingerprint density at radius 3 is 3.00 bits per heavy atom. The molecule has 0 saturated carbocycles. The van der Waals surface area contributed by atoms with Gasteiger partial charge in [0.15, 0.2) is 0 Å². The minimum absolute atomic E-state index is 0.441. The first-order chi connectivity index (χ1) is 6.65. The van der Waals surface area contributed by atoms with Crippen molar-refractivity contribution in [1.29, 1.82) is 0 Å². The van der Waals surface area contributed by atoms with Crippen LogP contribution < -0.4 is 0 Å². The molecule has 0 aromatic carbocycles. The molecular formula is C11H15ClN2. The van der Waals surface area contributed by atoms with Crippen LogP contribution in [0.4, 0.5) is 5.82 Å². The number of aromatic nitrogens is 1. The summed E-state index contributed by atoms with van der Waals surface area (Å²) in [5.41, 5.74) is 2.51. The van der Waals surface area contributed by atoms with E-state index in [0.29, 0.717) is 5.03 Å². The second kappa shape index (κ2) is 5.01. The number of hydrogen-bond acceptors (Lipinski definition) is 1. The highest BCUT2D eigenvalue weighted by Crippen LogP contribution is 2.21. The smallest absolute Gasteiger partial charge is 0.133 e. The van der Waals surface area contributed by atoms with Crippen LogP contribution >= 0.6 is 11.6 Å². The lowest BCUT2D eigenvalue weighted by Crippen LogP contribution is -1.81. The number of aliphatic imine (C=N–C) groups is 1. The van der Waals surface area contributed by atoms with Crippen molar-refractivity contribution in [1.82, 2.24) is 4.98 Å². The van der Waals surface area contributed by atoms with Crippen LogP contribution in [0.2, 0.25) is 0 Å². The van der Waals surface area contributed by atoms with Crippen molar-refractivity contribution < 1.29 is 0 Å². The van der Waals surface area contributed by atoms with Gasteiger partial charge < -0.3 is 4.98 Å². The predicted octanol–water partition coefficient (Wildman–Crippen LogP) is 3.73. The van der Waals surface area contributed by atoms with Gasteiger partial charge in [0.2, 0.25) is 0 Å². The maximum absolute atomic E-state index is 5.59. The molecule has 3 heteroatoms. The Labute approximate surface area is 89.7 Å². The quantitative estimate of drug-likeness (QED) is 0.734. The molecule has 0 bridgehead atoms. The normalized spacial score (nSPS) is 11.1. The summed E-state index contributed by atoms with van der Waals surface area (Å²) in [5, 5.41) is 0.441. The van der Waals surface area contributed by atoms with Gasteiger partial charge in [0.25, 0.3) is 0 Å². The lowest BCUT2D eigenvalue weighted by atomic mass is 10.1. The number of halogens is 1. The fourth-order valence-corrected chi connectivity index (χ4v) is 1.37. The van der Waals surface area contributed by atoms with Crippen LogP contribution in [0.15, 0.2) is 22.8 Å². The molecule has 76 valence electrons. The number of nitrogens with zero attached hydrogens (tertiary/aromatic N) is 1. The maximum Gasteiger partial charge on any atom is 0.133 e. The van der Waals surface area contributed by atoms with Gasteiger partial charge in [0, 0.05) is 12.4 Å². The average molecular weight is 211 g/mol. The summed E-state index contributed by atoms with van der Waals surface area (Å²) in [4.78, 5) is 7.31. The molecule has 0 atom stereocenters. The Hall–Kier alpha value is -1.02. The molecule has 0 aliphatic heterocycles. The van der Waals surface area contributed by atoms with Crippen molar-refractivity contribution in [3.63, 3.8) is 0 Å². The van der Waals surface area contributed by atoms with Crippen LogP contribution in [0.5, 0.6) is 0 Å². The van der Waals surface area contributed by atoms with Gasteiger partial charge in [-0.15, -0.1) is 0 Å². The van der Waals surface area contributed by atoms with Crippen LogP contribution in [-0.2, 0) is 6.42 Å². The molecule has 0 aliphatic carbocycles. The highest BCUT2D eigenvalue weighted by atomic mass is 35.5. The minimum Gasteiger partial charge on any atom is -0.346 e. The van der Waals surface area contributed by atoms with Gasteiger partial charge in [-0.25, -0.2) is 4.99 Å². The second-order valence-electron chi connectivity index (χ2n) is 3.24. The van der Waals surface area contributed by atoms with Gasteiger partial charge in [0.1, 0.15) is 5.82 Å². The number of aromatic amines is 1.